The highest BCUT2D eigenvalue weighted by Gasteiger charge is 2.19. The zero-order valence-electron chi connectivity index (χ0n) is 18.3. The van der Waals surface area contributed by atoms with Crippen LogP contribution in [-0.2, 0) is 10.5 Å². The van der Waals surface area contributed by atoms with E-state index < -0.39 is 0 Å². The molecule has 1 amide bonds. The Hall–Kier alpha value is -3.17. The van der Waals surface area contributed by atoms with Gasteiger partial charge in [-0.05, 0) is 31.2 Å². The van der Waals surface area contributed by atoms with E-state index >= 15 is 0 Å². The van der Waals surface area contributed by atoms with Crippen LogP contribution in [0.25, 0.3) is 17.1 Å². The van der Waals surface area contributed by atoms with Gasteiger partial charge in [-0.15, -0.1) is 21.5 Å². The number of nitrogens with zero attached hydrogens (tertiary/aromatic N) is 5. The Balaban J connectivity index is 1.69. The summed E-state index contributed by atoms with van der Waals surface area (Å²) in [6.07, 6.45) is 0. The largest absolute Gasteiger partial charge is 0.496 e. The molecule has 2 aromatic carbocycles. The number of aromatic nitrogens is 4. The zero-order valence-corrected chi connectivity index (χ0v) is 19.9. The maximum Gasteiger partial charge on any atom is 0.225 e. The number of rotatable bonds is 7. The SMILES string of the molecule is COc1ccccc1-c1nnc(SCc2csc(N(C)C(C)=O)n2)n1-c1ccc(C)cc1. The zero-order chi connectivity index (χ0) is 22.7. The van der Waals surface area contributed by atoms with Gasteiger partial charge in [0.15, 0.2) is 16.1 Å². The second kappa shape index (κ2) is 9.54. The molecule has 32 heavy (non-hydrogen) atoms. The molecule has 0 aliphatic heterocycles. The second-order valence-electron chi connectivity index (χ2n) is 7.17. The van der Waals surface area contributed by atoms with Crippen LogP contribution in [0.3, 0.4) is 0 Å². The number of para-hydroxylation sites is 1. The van der Waals surface area contributed by atoms with Gasteiger partial charge in [-0.2, -0.15) is 0 Å². The fourth-order valence-corrected chi connectivity index (χ4v) is 4.87. The van der Waals surface area contributed by atoms with Crippen molar-refractivity contribution in [2.45, 2.75) is 24.8 Å². The maximum atomic E-state index is 11.6. The molecule has 0 saturated heterocycles. The van der Waals surface area contributed by atoms with Crippen molar-refractivity contribution in [2.24, 2.45) is 0 Å². The molecule has 0 N–H and O–H groups in total. The van der Waals surface area contributed by atoms with E-state index in [2.05, 4.69) is 46.4 Å². The molecule has 164 valence electrons. The normalized spacial score (nSPS) is 10.9. The van der Waals surface area contributed by atoms with Crippen molar-refractivity contribution < 1.29 is 9.53 Å². The van der Waals surface area contributed by atoms with Crippen LogP contribution in [0.15, 0.2) is 59.1 Å². The number of thiazole rings is 1. The first-order chi connectivity index (χ1) is 15.5. The number of thioether (sulfide) groups is 1. The van der Waals surface area contributed by atoms with Gasteiger partial charge in [0.2, 0.25) is 5.91 Å². The van der Waals surface area contributed by atoms with Gasteiger partial charge >= 0.3 is 0 Å². The summed E-state index contributed by atoms with van der Waals surface area (Å²) in [5.41, 5.74) is 3.91. The number of anilines is 1. The summed E-state index contributed by atoms with van der Waals surface area (Å²) >= 11 is 3.00. The molecule has 0 fully saturated rings. The van der Waals surface area contributed by atoms with E-state index in [1.807, 2.05) is 34.2 Å². The predicted molar refractivity (Wildman–Crippen MR) is 129 cm³/mol. The number of benzene rings is 2. The second-order valence-corrected chi connectivity index (χ2v) is 8.94. The van der Waals surface area contributed by atoms with Gasteiger partial charge in [0.1, 0.15) is 5.75 Å². The minimum Gasteiger partial charge on any atom is -0.496 e. The van der Waals surface area contributed by atoms with Crippen LogP contribution in [0.2, 0.25) is 0 Å². The van der Waals surface area contributed by atoms with E-state index in [1.54, 1.807) is 30.8 Å². The summed E-state index contributed by atoms with van der Waals surface area (Å²) < 4.78 is 7.60. The smallest absolute Gasteiger partial charge is 0.225 e. The Morgan fingerprint density at radius 2 is 1.91 bits per heavy atom. The molecular weight excluding hydrogens is 442 g/mol. The molecule has 7 nitrogen and oxygen atoms in total. The minimum atomic E-state index is -0.0425. The Labute approximate surface area is 195 Å². The first kappa shape index (κ1) is 22.0. The summed E-state index contributed by atoms with van der Waals surface area (Å²) in [5.74, 6) is 2.02. The van der Waals surface area contributed by atoms with Crippen LogP contribution >= 0.6 is 23.1 Å². The monoisotopic (exact) mass is 465 g/mol. The molecule has 0 aliphatic rings. The summed E-state index contributed by atoms with van der Waals surface area (Å²) in [7, 11) is 3.38. The molecule has 2 heterocycles. The molecule has 0 aliphatic carbocycles. The van der Waals surface area contributed by atoms with Crippen molar-refractivity contribution >= 4 is 34.1 Å². The first-order valence-electron chi connectivity index (χ1n) is 9.95. The quantitative estimate of drug-likeness (QED) is 0.358. The number of amides is 1. The fraction of sp³-hybridized carbons (Fsp3) is 0.217. The number of hydrogen-bond acceptors (Lipinski definition) is 7. The summed E-state index contributed by atoms with van der Waals surface area (Å²) in [6.45, 7) is 3.59. The summed E-state index contributed by atoms with van der Waals surface area (Å²) in [6, 6.07) is 16.0. The predicted octanol–water partition coefficient (Wildman–Crippen LogP) is 4.98. The van der Waals surface area contributed by atoms with Crippen LogP contribution in [-0.4, -0.2) is 39.8 Å². The van der Waals surface area contributed by atoms with Gasteiger partial charge < -0.3 is 4.74 Å². The fourth-order valence-electron chi connectivity index (χ4n) is 3.08. The van der Waals surface area contributed by atoms with Gasteiger partial charge in [0.25, 0.3) is 0 Å². The van der Waals surface area contributed by atoms with Crippen molar-refractivity contribution in [1.82, 2.24) is 19.7 Å². The highest BCUT2D eigenvalue weighted by Crippen LogP contribution is 2.34. The van der Waals surface area contributed by atoms with Crippen LogP contribution in [0.5, 0.6) is 5.75 Å². The highest BCUT2D eigenvalue weighted by atomic mass is 32.2. The molecular formula is C23H23N5O2S2. The van der Waals surface area contributed by atoms with E-state index in [1.165, 1.54) is 23.8 Å². The van der Waals surface area contributed by atoms with E-state index in [-0.39, 0.29) is 5.91 Å². The Bertz CT molecular complexity index is 1230. The van der Waals surface area contributed by atoms with E-state index in [9.17, 15) is 4.79 Å². The lowest BCUT2D eigenvalue weighted by Crippen LogP contribution is -2.22. The van der Waals surface area contributed by atoms with Crippen molar-refractivity contribution in [3.8, 4) is 22.8 Å². The molecule has 0 radical (unpaired) electrons. The van der Waals surface area contributed by atoms with Gasteiger partial charge in [0, 0.05) is 30.8 Å². The average molecular weight is 466 g/mol. The highest BCUT2D eigenvalue weighted by molar-refractivity contribution is 7.98. The van der Waals surface area contributed by atoms with Gasteiger partial charge in [-0.3, -0.25) is 14.3 Å². The number of carbonyl (C=O) groups is 1. The van der Waals surface area contributed by atoms with E-state index in [0.717, 1.165) is 27.9 Å². The third-order valence-electron chi connectivity index (χ3n) is 4.92. The Morgan fingerprint density at radius 1 is 1.16 bits per heavy atom. The molecule has 0 atom stereocenters. The standard InChI is InChI=1S/C23H23N5O2S2/c1-15-9-11-18(12-10-15)28-21(19-7-5-6-8-20(19)30-4)25-26-23(28)32-14-17-13-31-22(24-17)27(3)16(2)29/h5-13H,14H2,1-4H3. The van der Waals surface area contributed by atoms with Crippen LogP contribution in [0.4, 0.5) is 5.13 Å². The lowest BCUT2D eigenvalue weighted by atomic mass is 10.1. The number of carbonyl (C=O) groups excluding carboxylic acids is 1. The summed E-state index contributed by atoms with van der Waals surface area (Å²) in [5, 5.41) is 12.4. The lowest BCUT2D eigenvalue weighted by Gasteiger charge is -2.12. The van der Waals surface area contributed by atoms with Crippen LogP contribution in [0.1, 0.15) is 18.2 Å². The molecule has 4 rings (SSSR count). The van der Waals surface area contributed by atoms with E-state index in [0.29, 0.717) is 16.7 Å². The molecule has 4 aromatic rings. The Kier molecular flexibility index (Phi) is 6.57. The van der Waals surface area contributed by atoms with Gasteiger partial charge in [-0.1, -0.05) is 41.6 Å². The first-order valence-corrected chi connectivity index (χ1v) is 11.8. The number of hydrogen-bond donors (Lipinski definition) is 0. The van der Waals surface area contributed by atoms with Crippen molar-refractivity contribution in [3.63, 3.8) is 0 Å². The summed E-state index contributed by atoms with van der Waals surface area (Å²) in [4.78, 5) is 17.7. The third kappa shape index (κ3) is 4.53. The lowest BCUT2D eigenvalue weighted by molar-refractivity contribution is -0.116. The van der Waals surface area contributed by atoms with Gasteiger partial charge in [-0.25, -0.2) is 4.98 Å². The molecule has 0 bridgehead atoms. The van der Waals surface area contributed by atoms with Crippen LogP contribution < -0.4 is 9.64 Å². The number of aryl methyl sites for hydroxylation is 1. The molecule has 0 unspecified atom stereocenters. The topological polar surface area (TPSA) is 73.1 Å². The minimum absolute atomic E-state index is 0.0425. The molecule has 0 saturated carbocycles. The Morgan fingerprint density at radius 3 is 2.62 bits per heavy atom. The molecule has 9 heteroatoms. The van der Waals surface area contributed by atoms with Crippen LogP contribution in [0, 0.1) is 6.92 Å². The maximum absolute atomic E-state index is 11.6. The van der Waals surface area contributed by atoms with E-state index in [4.69, 9.17) is 4.74 Å². The third-order valence-corrected chi connectivity index (χ3v) is 6.85. The number of ether oxygens (including phenoxy) is 1. The molecule has 2 aromatic heterocycles. The average Bonchev–Trinajstić information content (AvgIpc) is 3.45. The molecule has 0 spiro atoms. The van der Waals surface area contributed by atoms with Gasteiger partial charge in [0.05, 0.1) is 18.4 Å². The number of methoxy groups -OCH3 is 1. The van der Waals surface area contributed by atoms with Crippen molar-refractivity contribution in [2.75, 3.05) is 19.1 Å². The van der Waals surface area contributed by atoms with Crippen molar-refractivity contribution in [1.29, 1.82) is 0 Å². The van der Waals surface area contributed by atoms with Crippen molar-refractivity contribution in [3.05, 3.63) is 65.2 Å².